The van der Waals surface area contributed by atoms with Crippen molar-refractivity contribution in [1.82, 2.24) is 0 Å². The number of thiophene rings is 1. The van der Waals surface area contributed by atoms with Crippen LogP contribution in [0.4, 0.5) is 8.78 Å². The molecule has 0 aliphatic rings. The largest absolute Gasteiger partial charge is 0.490 e. The fourth-order valence-electron chi connectivity index (χ4n) is 2.24. The van der Waals surface area contributed by atoms with Gasteiger partial charge in [-0.3, -0.25) is 0 Å². The fraction of sp³-hybridized carbons (Fsp3) is 0.294. The Bertz CT molecular complexity index is 794. The average Bonchev–Trinajstić information content (AvgIpc) is 2.87. The fourth-order valence-corrected chi connectivity index (χ4v) is 3.37. The molecule has 0 aliphatic heterocycles. The van der Waals surface area contributed by atoms with Crippen molar-refractivity contribution < 1.29 is 13.5 Å². The third-order valence-corrected chi connectivity index (χ3v) is 4.97. The summed E-state index contributed by atoms with van der Waals surface area (Å²) in [6, 6.07) is 8.31. The second-order valence-corrected chi connectivity index (χ2v) is 6.32. The van der Waals surface area contributed by atoms with Crippen molar-refractivity contribution in [3.05, 3.63) is 42.0 Å². The maximum atomic E-state index is 14.6. The smallest absolute Gasteiger partial charge is 0.182 e. The molecule has 0 fully saturated rings. The van der Waals surface area contributed by atoms with E-state index in [1.165, 1.54) is 6.07 Å². The van der Waals surface area contributed by atoms with E-state index in [1.54, 1.807) is 12.1 Å². The van der Waals surface area contributed by atoms with Crippen LogP contribution in [0.25, 0.3) is 20.2 Å². The predicted octanol–water partition coefficient (Wildman–Crippen LogP) is 5.76. The summed E-state index contributed by atoms with van der Waals surface area (Å²) in [5.74, 6) is -0.0821. The van der Waals surface area contributed by atoms with Crippen molar-refractivity contribution >= 4 is 31.5 Å². The van der Waals surface area contributed by atoms with Crippen LogP contribution in [0.5, 0.6) is 5.75 Å². The Morgan fingerprint density at radius 1 is 1.10 bits per heavy atom. The highest BCUT2D eigenvalue weighted by molar-refractivity contribution is 7.25. The Morgan fingerprint density at radius 3 is 2.62 bits per heavy atom. The number of fused-ring (bicyclic) bond motifs is 3. The van der Waals surface area contributed by atoms with E-state index in [4.69, 9.17) is 4.74 Å². The molecule has 4 heteroatoms. The lowest BCUT2D eigenvalue weighted by molar-refractivity contribution is 0.247. The van der Waals surface area contributed by atoms with Gasteiger partial charge in [0.15, 0.2) is 11.6 Å². The number of hydrogen-bond acceptors (Lipinski definition) is 2. The van der Waals surface area contributed by atoms with Crippen LogP contribution in [0.1, 0.15) is 20.3 Å². The zero-order chi connectivity index (χ0) is 15.0. The van der Waals surface area contributed by atoms with Gasteiger partial charge in [0.25, 0.3) is 0 Å². The molecule has 0 spiro atoms. The molecule has 0 N–H and O–H groups in total. The summed E-state index contributed by atoms with van der Waals surface area (Å²) in [6.07, 6.45) is 0.984. The lowest BCUT2D eigenvalue weighted by Crippen LogP contribution is -2.08. The molecule has 0 aliphatic carbocycles. The van der Waals surface area contributed by atoms with Gasteiger partial charge in [0.05, 0.1) is 16.0 Å². The lowest BCUT2D eigenvalue weighted by Gasteiger charge is -2.11. The molecule has 0 amide bonds. The van der Waals surface area contributed by atoms with Gasteiger partial charge in [-0.2, -0.15) is 0 Å². The Morgan fingerprint density at radius 2 is 1.86 bits per heavy atom. The topological polar surface area (TPSA) is 9.23 Å². The standard InChI is InChI=1S/C17H16F2OS/c1-3-10(2)9-20-14-8-7-12-11-5-4-6-13(18)16(11)21-17(12)15(14)19/h4-8,10H,3,9H2,1-2H3/t10-/m1/s1. The quantitative estimate of drug-likeness (QED) is 0.595. The molecule has 3 aromatic rings. The summed E-state index contributed by atoms with van der Waals surface area (Å²) in [4.78, 5) is 0. The van der Waals surface area contributed by atoms with Crippen LogP contribution in [0.2, 0.25) is 0 Å². The van der Waals surface area contributed by atoms with Gasteiger partial charge in [-0.15, -0.1) is 11.3 Å². The van der Waals surface area contributed by atoms with Crippen LogP contribution in [-0.2, 0) is 0 Å². The van der Waals surface area contributed by atoms with E-state index in [-0.39, 0.29) is 11.6 Å². The van der Waals surface area contributed by atoms with E-state index in [2.05, 4.69) is 13.8 Å². The molecule has 0 bridgehead atoms. The van der Waals surface area contributed by atoms with Gasteiger partial charge < -0.3 is 4.74 Å². The second-order valence-electron chi connectivity index (χ2n) is 5.30. The molecule has 1 nitrogen and oxygen atoms in total. The minimum absolute atomic E-state index is 0.245. The summed E-state index contributed by atoms with van der Waals surface area (Å²) >= 11 is 1.14. The minimum Gasteiger partial charge on any atom is -0.490 e. The van der Waals surface area contributed by atoms with Gasteiger partial charge in [-0.05, 0) is 24.1 Å². The molecule has 1 heterocycles. The van der Waals surface area contributed by atoms with E-state index in [0.717, 1.165) is 28.5 Å². The van der Waals surface area contributed by atoms with Crippen molar-refractivity contribution in [2.45, 2.75) is 20.3 Å². The van der Waals surface area contributed by atoms with E-state index in [9.17, 15) is 8.78 Å². The Labute approximate surface area is 126 Å². The molecular weight excluding hydrogens is 290 g/mol. The molecule has 110 valence electrons. The monoisotopic (exact) mass is 306 g/mol. The molecule has 0 unspecified atom stereocenters. The highest BCUT2D eigenvalue weighted by Gasteiger charge is 2.16. The molecule has 0 saturated carbocycles. The van der Waals surface area contributed by atoms with E-state index < -0.39 is 5.82 Å². The van der Waals surface area contributed by atoms with Gasteiger partial charge in [0.2, 0.25) is 0 Å². The third kappa shape index (κ3) is 2.48. The number of rotatable bonds is 4. The number of halogens is 2. The van der Waals surface area contributed by atoms with E-state index in [1.807, 2.05) is 12.1 Å². The predicted molar refractivity (Wildman–Crippen MR) is 84.2 cm³/mol. The lowest BCUT2D eigenvalue weighted by atomic mass is 10.1. The van der Waals surface area contributed by atoms with Crippen molar-refractivity contribution in [3.63, 3.8) is 0 Å². The summed E-state index contributed by atoms with van der Waals surface area (Å²) in [5.41, 5.74) is 0. The van der Waals surface area contributed by atoms with Crippen molar-refractivity contribution in [2.75, 3.05) is 6.61 Å². The van der Waals surface area contributed by atoms with Crippen molar-refractivity contribution in [2.24, 2.45) is 5.92 Å². The Balaban J connectivity index is 2.08. The summed E-state index contributed by atoms with van der Waals surface area (Å²) in [6.45, 7) is 4.62. The highest BCUT2D eigenvalue weighted by atomic mass is 32.1. The van der Waals surface area contributed by atoms with Crippen LogP contribution in [0.15, 0.2) is 30.3 Å². The van der Waals surface area contributed by atoms with Crippen molar-refractivity contribution in [1.29, 1.82) is 0 Å². The second kappa shape index (κ2) is 5.60. The number of ether oxygens (including phenoxy) is 1. The van der Waals surface area contributed by atoms with Gasteiger partial charge in [0.1, 0.15) is 5.82 Å². The van der Waals surface area contributed by atoms with Crippen molar-refractivity contribution in [3.8, 4) is 5.75 Å². The first kappa shape index (κ1) is 14.3. The van der Waals surface area contributed by atoms with Gasteiger partial charge >= 0.3 is 0 Å². The van der Waals surface area contributed by atoms with E-state index >= 15 is 0 Å². The zero-order valence-electron chi connectivity index (χ0n) is 12.0. The normalized spacial score (nSPS) is 13.0. The maximum absolute atomic E-state index is 14.6. The number of hydrogen-bond donors (Lipinski definition) is 0. The molecule has 0 saturated heterocycles. The minimum atomic E-state index is -0.392. The maximum Gasteiger partial charge on any atom is 0.182 e. The van der Waals surface area contributed by atoms with E-state index in [0.29, 0.717) is 21.9 Å². The van der Waals surface area contributed by atoms with Gasteiger partial charge in [-0.25, -0.2) is 8.78 Å². The zero-order valence-corrected chi connectivity index (χ0v) is 12.8. The Hall–Kier alpha value is -1.68. The van der Waals surface area contributed by atoms with Crippen LogP contribution in [0.3, 0.4) is 0 Å². The molecule has 0 radical (unpaired) electrons. The summed E-state index contributed by atoms with van der Waals surface area (Å²) < 4.78 is 34.9. The number of benzene rings is 2. The average molecular weight is 306 g/mol. The summed E-state index contributed by atoms with van der Waals surface area (Å²) in [7, 11) is 0. The Kier molecular flexibility index (Phi) is 3.81. The summed E-state index contributed by atoms with van der Waals surface area (Å²) in [5, 5.41) is 1.49. The van der Waals surface area contributed by atoms with Gasteiger partial charge in [0, 0.05) is 10.8 Å². The first-order valence-electron chi connectivity index (χ1n) is 7.03. The van der Waals surface area contributed by atoms with Crippen LogP contribution in [-0.4, -0.2) is 6.61 Å². The SMILES string of the molecule is CC[C@@H](C)COc1ccc2c(sc3c(F)cccc32)c1F. The first-order valence-corrected chi connectivity index (χ1v) is 7.85. The molecule has 1 atom stereocenters. The van der Waals surface area contributed by atoms with Crippen LogP contribution >= 0.6 is 11.3 Å². The molecule has 3 rings (SSSR count). The molecule has 21 heavy (non-hydrogen) atoms. The third-order valence-electron chi connectivity index (χ3n) is 3.74. The van der Waals surface area contributed by atoms with Gasteiger partial charge in [-0.1, -0.05) is 32.4 Å². The van der Waals surface area contributed by atoms with Crippen LogP contribution in [0, 0.1) is 17.6 Å². The van der Waals surface area contributed by atoms with Crippen LogP contribution < -0.4 is 4.74 Å². The molecule has 1 aromatic heterocycles. The highest BCUT2D eigenvalue weighted by Crippen LogP contribution is 2.39. The molecular formula is C17H16F2OS. The molecule has 2 aromatic carbocycles. The first-order chi connectivity index (χ1) is 10.1.